The van der Waals surface area contributed by atoms with Gasteiger partial charge in [0.05, 0.1) is 43.5 Å². The van der Waals surface area contributed by atoms with Crippen molar-refractivity contribution in [2.75, 3.05) is 39.4 Å². The first-order valence-electron chi connectivity index (χ1n) is 17.2. The van der Waals surface area contributed by atoms with Gasteiger partial charge < -0.3 is 109 Å². The first-order chi connectivity index (χ1) is 24.3. The number of aliphatic hydroxyl groups excluding tert-OH is 8. The van der Waals surface area contributed by atoms with Crippen LogP contribution in [-0.2, 0) is 33.2 Å². The fraction of sp³-hybridized carbons (Fsp3) is 0.966. The van der Waals surface area contributed by atoms with Crippen LogP contribution in [0.4, 0.5) is 0 Å². The molecule has 0 unspecified atom stereocenters. The number of amides is 1. The maximum atomic E-state index is 12.7. The second-order valence-corrected chi connectivity index (χ2v) is 13.4. The molecule has 0 aromatic carbocycles. The lowest BCUT2D eigenvalue weighted by molar-refractivity contribution is -0.296. The molecule has 0 spiro atoms. The molecule has 51 heavy (non-hydrogen) atoms. The number of aliphatic hydroxyl groups is 8. The molecule has 19 atom stereocenters. The van der Waals surface area contributed by atoms with Crippen LogP contribution in [0.2, 0.25) is 0 Å². The Bertz CT molecular complexity index is 1080. The monoisotopic (exact) mass is 743 g/mol. The Hall–Kier alpha value is -1.33. The van der Waals surface area contributed by atoms with E-state index in [0.717, 1.165) is 0 Å². The highest BCUT2D eigenvalue weighted by atomic mass is 16.8. The highest BCUT2D eigenvalue weighted by molar-refractivity contribution is 5.80. The molecule has 4 rings (SSSR count). The summed E-state index contributed by atoms with van der Waals surface area (Å²) < 4.78 is 35.6. The molecular weight excluding hydrogens is 686 g/mol. The summed E-state index contributed by atoms with van der Waals surface area (Å²) >= 11 is 0. The molecule has 1 saturated carbocycles. The molecule has 298 valence electrons. The summed E-state index contributed by atoms with van der Waals surface area (Å²) in [6.07, 6.45) is -20.1. The van der Waals surface area contributed by atoms with Crippen molar-refractivity contribution in [3.8, 4) is 0 Å². The van der Waals surface area contributed by atoms with Crippen molar-refractivity contribution in [3.63, 3.8) is 0 Å². The van der Waals surface area contributed by atoms with Gasteiger partial charge in [0.1, 0.15) is 61.0 Å². The van der Waals surface area contributed by atoms with E-state index in [0.29, 0.717) is 0 Å². The quantitative estimate of drug-likeness (QED) is 0.0652. The molecule has 1 aliphatic carbocycles. The van der Waals surface area contributed by atoms with Crippen LogP contribution >= 0.6 is 0 Å². The summed E-state index contributed by atoms with van der Waals surface area (Å²) in [6, 6.07) is -4.48. The van der Waals surface area contributed by atoms with Crippen molar-refractivity contribution in [1.29, 1.82) is 0 Å². The van der Waals surface area contributed by atoms with Crippen LogP contribution in [0.3, 0.4) is 0 Å². The standard InChI is InChI=1S/C29H57N7O15/c30-2-1-13(39)26(45)36-12-6-11(32)23(49-27-17(33)14(40)5-10(46-27)8-35-3-4-37)25(19(12)41)51-29-22(44)24(16(9-38)48-29)50-28-18(34)21(43)20(42)15(7-31)47-28/h10-25,27-29,35,37-44H,1-9,30-34H2,(H,36,45)/t10-,11-,12+,13-,14+,15-,16+,17+,18+,19-,20+,21+,22+,23+,24+,25+,27+,28+,29-/m0/s1. The van der Waals surface area contributed by atoms with Gasteiger partial charge in [-0.2, -0.15) is 0 Å². The van der Waals surface area contributed by atoms with Gasteiger partial charge >= 0.3 is 0 Å². The predicted octanol–water partition coefficient (Wildman–Crippen LogP) is -9.38. The minimum atomic E-state index is -1.69. The summed E-state index contributed by atoms with van der Waals surface area (Å²) in [7, 11) is 0. The van der Waals surface area contributed by atoms with E-state index in [2.05, 4.69) is 10.6 Å². The summed E-state index contributed by atoms with van der Waals surface area (Å²) in [4.78, 5) is 12.7. The number of rotatable bonds is 16. The third-order valence-corrected chi connectivity index (χ3v) is 9.67. The Balaban J connectivity index is 1.56. The van der Waals surface area contributed by atoms with E-state index >= 15 is 0 Å². The van der Waals surface area contributed by atoms with Gasteiger partial charge in [-0.25, -0.2) is 0 Å². The largest absolute Gasteiger partial charge is 0.395 e. The van der Waals surface area contributed by atoms with Gasteiger partial charge in [0, 0.05) is 32.1 Å². The molecule has 3 saturated heterocycles. The summed E-state index contributed by atoms with van der Waals surface area (Å²) in [6.45, 7) is -0.492. The van der Waals surface area contributed by atoms with Gasteiger partial charge in [-0.15, -0.1) is 0 Å². The van der Waals surface area contributed by atoms with Gasteiger partial charge in [0.15, 0.2) is 18.9 Å². The van der Waals surface area contributed by atoms with E-state index in [1.54, 1.807) is 0 Å². The average molecular weight is 744 g/mol. The Morgan fingerprint density at radius 2 is 1.43 bits per heavy atom. The molecule has 0 aromatic heterocycles. The van der Waals surface area contributed by atoms with Crippen molar-refractivity contribution >= 4 is 5.91 Å². The predicted molar refractivity (Wildman–Crippen MR) is 172 cm³/mol. The second-order valence-electron chi connectivity index (χ2n) is 13.4. The number of hydrogen-bond donors (Lipinski definition) is 15. The zero-order valence-corrected chi connectivity index (χ0v) is 28.2. The van der Waals surface area contributed by atoms with E-state index in [9.17, 15) is 40.5 Å². The zero-order valence-electron chi connectivity index (χ0n) is 28.2. The van der Waals surface area contributed by atoms with Crippen molar-refractivity contribution in [3.05, 3.63) is 0 Å². The number of nitrogens with one attached hydrogen (secondary N) is 2. The summed E-state index contributed by atoms with van der Waals surface area (Å²) in [5.41, 5.74) is 29.9. The summed E-state index contributed by atoms with van der Waals surface area (Å²) in [5, 5.41) is 89.2. The van der Waals surface area contributed by atoms with Crippen molar-refractivity contribution in [1.82, 2.24) is 10.6 Å². The minimum Gasteiger partial charge on any atom is -0.395 e. The molecule has 0 aromatic rings. The number of ether oxygens (including phenoxy) is 6. The number of nitrogens with two attached hydrogens (primary N) is 5. The molecule has 1 amide bonds. The Kier molecular flexibility index (Phi) is 16.1. The zero-order chi connectivity index (χ0) is 37.6. The van der Waals surface area contributed by atoms with Crippen LogP contribution in [0.15, 0.2) is 0 Å². The fourth-order valence-electron chi connectivity index (χ4n) is 6.69. The molecular formula is C29H57N7O15. The molecule has 4 aliphatic rings. The highest BCUT2D eigenvalue weighted by Gasteiger charge is 2.54. The van der Waals surface area contributed by atoms with Crippen LogP contribution in [0, 0.1) is 0 Å². The minimum absolute atomic E-state index is 0.0162. The molecule has 22 nitrogen and oxygen atoms in total. The number of carbonyl (C=O) groups excluding carboxylic acids is 1. The van der Waals surface area contributed by atoms with E-state index in [1.807, 2.05) is 0 Å². The van der Waals surface area contributed by atoms with Crippen molar-refractivity contribution in [2.24, 2.45) is 28.7 Å². The third-order valence-electron chi connectivity index (χ3n) is 9.67. The van der Waals surface area contributed by atoms with Gasteiger partial charge in [0.2, 0.25) is 5.91 Å². The Morgan fingerprint density at radius 3 is 2.08 bits per heavy atom. The van der Waals surface area contributed by atoms with Crippen LogP contribution in [-0.4, -0.2) is 202 Å². The Labute approximate surface area is 294 Å². The maximum Gasteiger partial charge on any atom is 0.249 e. The molecule has 0 bridgehead atoms. The fourth-order valence-corrected chi connectivity index (χ4v) is 6.69. The third kappa shape index (κ3) is 10.1. The van der Waals surface area contributed by atoms with Gasteiger partial charge in [-0.1, -0.05) is 0 Å². The summed E-state index contributed by atoms with van der Waals surface area (Å²) in [5.74, 6) is -0.827. The smallest absolute Gasteiger partial charge is 0.249 e. The van der Waals surface area contributed by atoms with Crippen molar-refractivity contribution < 1.29 is 74.1 Å². The first-order valence-corrected chi connectivity index (χ1v) is 17.2. The SMILES string of the molecule is NCC[C@H](O)C(=O)N[C@@H]1C[C@H](N)[C@@H](O[C@H]2O[C@H](CNCCO)C[C@@H](O)[C@H]2N)[C@H](O[C@@H]2O[C@H](CO)[C@@H](O[C@H]3O[C@@H](CN)[C@@H](O)[C@H](O)[C@H]3N)[C@H]2O)[C@H]1O. The first kappa shape index (κ1) is 42.4. The Morgan fingerprint density at radius 1 is 0.784 bits per heavy atom. The lowest BCUT2D eigenvalue weighted by Crippen LogP contribution is -2.67. The van der Waals surface area contributed by atoms with E-state index in [4.69, 9.17) is 62.2 Å². The lowest BCUT2D eigenvalue weighted by atomic mass is 9.83. The molecule has 4 fully saturated rings. The number of hydrogen-bond acceptors (Lipinski definition) is 21. The normalized spacial score (nSPS) is 45.4. The van der Waals surface area contributed by atoms with E-state index in [-0.39, 0.29) is 52.0 Å². The van der Waals surface area contributed by atoms with Crippen molar-refractivity contribution in [2.45, 2.75) is 136 Å². The average Bonchev–Trinajstić information content (AvgIpc) is 3.40. The lowest BCUT2D eigenvalue weighted by Gasteiger charge is -2.47. The van der Waals surface area contributed by atoms with Gasteiger partial charge in [-0.3, -0.25) is 4.79 Å². The van der Waals surface area contributed by atoms with Crippen LogP contribution in [0.25, 0.3) is 0 Å². The number of carbonyl (C=O) groups is 1. The van der Waals surface area contributed by atoms with Gasteiger partial charge in [-0.05, 0) is 19.4 Å². The molecule has 22 heteroatoms. The van der Waals surface area contributed by atoms with E-state index in [1.165, 1.54) is 0 Å². The van der Waals surface area contributed by atoms with Gasteiger partial charge in [0.25, 0.3) is 0 Å². The molecule has 0 radical (unpaired) electrons. The topological polar surface area (TPSA) is 388 Å². The highest BCUT2D eigenvalue weighted by Crippen LogP contribution is 2.34. The van der Waals surface area contributed by atoms with Crippen LogP contribution in [0.1, 0.15) is 19.3 Å². The van der Waals surface area contributed by atoms with E-state index < -0.39 is 129 Å². The molecule has 3 heterocycles. The van der Waals surface area contributed by atoms with Crippen LogP contribution < -0.4 is 39.3 Å². The maximum absolute atomic E-state index is 12.7. The second kappa shape index (κ2) is 19.3. The molecule has 3 aliphatic heterocycles. The van der Waals surface area contributed by atoms with Crippen LogP contribution in [0.5, 0.6) is 0 Å². The molecule has 20 N–H and O–H groups in total.